The van der Waals surface area contributed by atoms with E-state index in [-0.39, 0.29) is 11.3 Å². The number of nitrogen functional groups attached to an aromatic ring is 1. The van der Waals surface area contributed by atoms with Gasteiger partial charge >= 0.3 is 0 Å². The van der Waals surface area contributed by atoms with Gasteiger partial charge in [0.1, 0.15) is 5.69 Å². The highest BCUT2D eigenvalue weighted by molar-refractivity contribution is 6.09. The van der Waals surface area contributed by atoms with Crippen molar-refractivity contribution in [1.29, 1.82) is 0 Å². The van der Waals surface area contributed by atoms with Crippen LogP contribution in [0.25, 0.3) is 10.9 Å². The Hall–Kier alpha value is -2.89. The van der Waals surface area contributed by atoms with E-state index in [1.165, 1.54) is 6.07 Å². The van der Waals surface area contributed by atoms with Crippen molar-refractivity contribution in [3.63, 3.8) is 0 Å². The minimum absolute atomic E-state index is 0.0317. The first-order valence-electron chi connectivity index (χ1n) is 6.32. The molecule has 0 atom stereocenters. The third-order valence-electron chi connectivity index (χ3n) is 3.23. The summed E-state index contributed by atoms with van der Waals surface area (Å²) in [5, 5.41) is 0.730. The summed E-state index contributed by atoms with van der Waals surface area (Å²) >= 11 is 0. The molecule has 0 amide bonds. The monoisotopic (exact) mass is 302 g/mol. The average Bonchev–Trinajstić information content (AvgIpc) is 2.51. The van der Waals surface area contributed by atoms with Crippen LogP contribution < -0.4 is 5.73 Å². The van der Waals surface area contributed by atoms with Gasteiger partial charge in [-0.25, -0.2) is 18.2 Å². The zero-order valence-electron chi connectivity index (χ0n) is 11.1. The van der Waals surface area contributed by atoms with Crippen LogP contribution in [0, 0.1) is 17.5 Å². The Bertz CT molecular complexity index is 886. The minimum Gasteiger partial charge on any atom is -0.397 e. The van der Waals surface area contributed by atoms with Crippen LogP contribution in [0.5, 0.6) is 0 Å². The lowest BCUT2D eigenvalue weighted by molar-refractivity contribution is 0.103. The van der Waals surface area contributed by atoms with E-state index in [1.54, 1.807) is 24.3 Å². The Kier molecular flexibility index (Phi) is 3.29. The van der Waals surface area contributed by atoms with Gasteiger partial charge in [-0.1, -0.05) is 18.2 Å². The molecule has 22 heavy (non-hydrogen) atoms. The van der Waals surface area contributed by atoms with Crippen molar-refractivity contribution in [3.05, 3.63) is 71.2 Å². The molecule has 0 radical (unpaired) electrons. The number of para-hydroxylation sites is 1. The van der Waals surface area contributed by atoms with Crippen molar-refractivity contribution in [2.24, 2.45) is 0 Å². The molecule has 6 heteroatoms. The van der Waals surface area contributed by atoms with Crippen molar-refractivity contribution in [2.45, 2.75) is 0 Å². The van der Waals surface area contributed by atoms with Gasteiger partial charge in [0.2, 0.25) is 5.78 Å². The Labute approximate surface area is 123 Å². The first-order chi connectivity index (χ1) is 10.5. The highest BCUT2D eigenvalue weighted by Gasteiger charge is 2.17. The smallest absolute Gasteiger partial charge is 0.211 e. The largest absolute Gasteiger partial charge is 0.397 e. The molecule has 110 valence electrons. The summed E-state index contributed by atoms with van der Waals surface area (Å²) in [5.74, 6) is -5.19. The van der Waals surface area contributed by atoms with Crippen LogP contribution in [-0.4, -0.2) is 10.8 Å². The molecule has 0 unspecified atom stereocenters. The average molecular weight is 302 g/mol. The Morgan fingerprint density at radius 1 is 1.00 bits per heavy atom. The van der Waals surface area contributed by atoms with Gasteiger partial charge in [-0.05, 0) is 24.3 Å². The molecule has 3 aromatic rings. The molecule has 0 aliphatic rings. The number of rotatable bonds is 2. The Morgan fingerprint density at radius 3 is 2.36 bits per heavy atom. The van der Waals surface area contributed by atoms with Gasteiger partial charge in [0.25, 0.3) is 0 Å². The van der Waals surface area contributed by atoms with Crippen molar-refractivity contribution in [1.82, 2.24) is 4.98 Å². The number of benzene rings is 2. The number of pyridine rings is 1. The first-order valence-corrected chi connectivity index (χ1v) is 6.32. The second-order valence-corrected chi connectivity index (χ2v) is 4.70. The predicted molar refractivity (Wildman–Crippen MR) is 75.9 cm³/mol. The molecule has 0 bridgehead atoms. The van der Waals surface area contributed by atoms with Gasteiger partial charge in [0.15, 0.2) is 17.5 Å². The number of fused-ring (bicyclic) bond motifs is 1. The van der Waals surface area contributed by atoms with Gasteiger partial charge in [-0.2, -0.15) is 0 Å². The van der Waals surface area contributed by atoms with Gasteiger partial charge in [-0.15, -0.1) is 0 Å². The fourth-order valence-corrected chi connectivity index (χ4v) is 2.13. The lowest BCUT2D eigenvalue weighted by Gasteiger charge is -2.05. The van der Waals surface area contributed by atoms with E-state index in [4.69, 9.17) is 5.73 Å². The zero-order valence-corrected chi connectivity index (χ0v) is 11.1. The van der Waals surface area contributed by atoms with E-state index in [0.29, 0.717) is 23.3 Å². The number of nitrogens with two attached hydrogens (primary N) is 1. The minimum atomic E-state index is -1.62. The number of halogens is 3. The molecule has 3 nitrogen and oxygen atoms in total. The summed E-state index contributed by atoms with van der Waals surface area (Å²) in [4.78, 5) is 16.4. The number of carbonyl (C=O) groups excluding carboxylic acids is 1. The number of ketones is 1. The number of carbonyl (C=O) groups is 1. The van der Waals surface area contributed by atoms with Crippen LogP contribution in [0.2, 0.25) is 0 Å². The lowest BCUT2D eigenvalue weighted by Crippen LogP contribution is -2.07. The zero-order chi connectivity index (χ0) is 15.9. The molecule has 0 spiro atoms. The number of nitrogens with zero attached hydrogens (tertiary/aromatic N) is 1. The van der Waals surface area contributed by atoms with Crippen LogP contribution in [-0.2, 0) is 0 Å². The molecule has 2 aromatic carbocycles. The Balaban J connectivity index is 2.11. The maximum atomic E-state index is 13.2. The molecule has 0 aliphatic heterocycles. The SMILES string of the molecule is Nc1cccc2ccc(C(=O)c3cc(F)c(F)c(F)c3)nc12. The summed E-state index contributed by atoms with van der Waals surface area (Å²) in [6.07, 6.45) is 0. The third-order valence-corrected chi connectivity index (χ3v) is 3.23. The second-order valence-electron chi connectivity index (χ2n) is 4.70. The van der Waals surface area contributed by atoms with Gasteiger partial charge in [-0.3, -0.25) is 4.79 Å². The highest BCUT2D eigenvalue weighted by Crippen LogP contribution is 2.21. The molecular formula is C16H9F3N2O. The summed E-state index contributed by atoms with van der Waals surface area (Å²) in [6.45, 7) is 0. The van der Waals surface area contributed by atoms with Gasteiger partial charge < -0.3 is 5.73 Å². The maximum Gasteiger partial charge on any atom is 0.211 e. The summed E-state index contributed by atoms with van der Waals surface area (Å²) in [7, 11) is 0. The number of hydrogen-bond acceptors (Lipinski definition) is 3. The quantitative estimate of drug-likeness (QED) is 0.448. The molecule has 2 N–H and O–H groups in total. The molecule has 1 heterocycles. The fraction of sp³-hybridized carbons (Fsp3) is 0. The van der Waals surface area contributed by atoms with Gasteiger partial charge in [0, 0.05) is 10.9 Å². The number of hydrogen-bond donors (Lipinski definition) is 1. The summed E-state index contributed by atoms with van der Waals surface area (Å²) in [5.41, 5.74) is 6.23. The molecule has 0 fully saturated rings. The van der Waals surface area contributed by atoms with E-state index in [1.807, 2.05) is 0 Å². The number of aromatic nitrogens is 1. The van der Waals surface area contributed by atoms with Crippen molar-refractivity contribution in [2.75, 3.05) is 5.73 Å². The fourth-order valence-electron chi connectivity index (χ4n) is 2.13. The van der Waals surface area contributed by atoms with E-state index in [0.717, 1.165) is 5.39 Å². The molecule has 0 aliphatic carbocycles. The topological polar surface area (TPSA) is 56.0 Å². The first kappa shape index (κ1) is 14.1. The van der Waals surface area contributed by atoms with Crippen LogP contribution >= 0.6 is 0 Å². The normalized spacial score (nSPS) is 10.9. The van der Waals surface area contributed by atoms with E-state index in [9.17, 15) is 18.0 Å². The van der Waals surface area contributed by atoms with E-state index in [2.05, 4.69) is 4.98 Å². The van der Waals surface area contributed by atoms with E-state index >= 15 is 0 Å². The standard InChI is InChI=1S/C16H9F3N2O/c17-10-6-9(7-11(18)14(10)19)16(22)13-5-4-8-2-1-3-12(20)15(8)21-13/h1-7H,20H2. The molecule has 3 rings (SSSR count). The molecule has 0 saturated heterocycles. The molecule has 0 saturated carbocycles. The van der Waals surface area contributed by atoms with Crippen molar-refractivity contribution < 1.29 is 18.0 Å². The van der Waals surface area contributed by atoms with Crippen molar-refractivity contribution in [3.8, 4) is 0 Å². The van der Waals surface area contributed by atoms with E-state index < -0.39 is 23.2 Å². The summed E-state index contributed by atoms with van der Waals surface area (Å²) < 4.78 is 39.4. The lowest BCUT2D eigenvalue weighted by atomic mass is 10.1. The molecular weight excluding hydrogens is 293 g/mol. The van der Waals surface area contributed by atoms with Crippen molar-refractivity contribution >= 4 is 22.4 Å². The highest BCUT2D eigenvalue weighted by atomic mass is 19.2. The number of anilines is 1. The Morgan fingerprint density at radius 2 is 1.68 bits per heavy atom. The van der Waals surface area contributed by atoms with Crippen LogP contribution in [0.1, 0.15) is 16.1 Å². The second kappa shape index (κ2) is 5.14. The van der Waals surface area contributed by atoms with Crippen LogP contribution in [0.4, 0.5) is 18.9 Å². The van der Waals surface area contributed by atoms with Crippen LogP contribution in [0.3, 0.4) is 0 Å². The molecule has 1 aromatic heterocycles. The predicted octanol–water partition coefficient (Wildman–Crippen LogP) is 3.47. The third kappa shape index (κ3) is 2.28. The van der Waals surface area contributed by atoms with Crippen LogP contribution in [0.15, 0.2) is 42.5 Å². The maximum absolute atomic E-state index is 13.2. The summed E-state index contributed by atoms with van der Waals surface area (Å²) in [6, 6.07) is 9.46. The van der Waals surface area contributed by atoms with Gasteiger partial charge in [0.05, 0.1) is 11.2 Å².